The fourth-order valence-corrected chi connectivity index (χ4v) is 3.03. The summed E-state index contributed by atoms with van der Waals surface area (Å²) < 4.78 is 24.7. The number of carbonyl (C=O) groups excluding carboxylic acids is 1. The molecule has 1 heterocycles. The van der Waals surface area contributed by atoms with E-state index in [0.717, 1.165) is 5.39 Å². The van der Waals surface area contributed by atoms with Crippen molar-refractivity contribution >= 4 is 39.9 Å². The van der Waals surface area contributed by atoms with E-state index in [-0.39, 0.29) is 21.8 Å². The number of methoxy groups -OCH3 is 1. The molecular formula is C23H16ClFN2O3. The minimum atomic E-state index is -0.497. The van der Waals surface area contributed by atoms with Crippen molar-refractivity contribution in [2.24, 2.45) is 4.99 Å². The van der Waals surface area contributed by atoms with Crippen LogP contribution in [0, 0.1) is 5.82 Å². The maximum atomic E-state index is 13.7. The van der Waals surface area contributed by atoms with Gasteiger partial charge in [0.2, 0.25) is 5.55 Å². The lowest BCUT2D eigenvalue weighted by molar-refractivity contribution is 0.102. The topological polar surface area (TPSA) is 63.8 Å². The Hall–Kier alpha value is -3.64. The molecule has 0 aliphatic heterocycles. The van der Waals surface area contributed by atoms with E-state index in [1.165, 1.54) is 18.2 Å². The Morgan fingerprint density at radius 1 is 1.07 bits per heavy atom. The Balaban J connectivity index is 1.82. The largest absolute Gasteiger partial charge is 0.497 e. The lowest BCUT2D eigenvalue weighted by Crippen LogP contribution is -2.21. The first-order valence-corrected chi connectivity index (χ1v) is 9.39. The molecular weight excluding hydrogens is 407 g/mol. The Kier molecular flexibility index (Phi) is 5.50. The third-order valence-electron chi connectivity index (χ3n) is 4.38. The van der Waals surface area contributed by atoms with Gasteiger partial charge in [0.25, 0.3) is 5.91 Å². The second-order valence-corrected chi connectivity index (χ2v) is 6.80. The molecule has 5 nitrogen and oxygen atoms in total. The van der Waals surface area contributed by atoms with Gasteiger partial charge in [-0.15, -0.1) is 0 Å². The number of fused-ring (bicyclic) bond motifs is 1. The zero-order valence-electron chi connectivity index (χ0n) is 15.9. The van der Waals surface area contributed by atoms with Crippen LogP contribution in [0.1, 0.15) is 10.4 Å². The minimum absolute atomic E-state index is 0.0206. The summed E-state index contributed by atoms with van der Waals surface area (Å²) in [7, 11) is 1.56. The highest BCUT2D eigenvalue weighted by atomic mass is 35.5. The zero-order chi connectivity index (χ0) is 21.1. The van der Waals surface area contributed by atoms with Crippen LogP contribution in [0.2, 0.25) is 5.02 Å². The molecule has 0 unspecified atom stereocenters. The molecule has 4 aromatic rings. The molecule has 0 aliphatic rings. The van der Waals surface area contributed by atoms with E-state index >= 15 is 0 Å². The van der Waals surface area contributed by atoms with E-state index in [9.17, 15) is 9.18 Å². The number of halogens is 2. The summed E-state index contributed by atoms with van der Waals surface area (Å²) in [6.07, 6.45) is 0. The quantitative estimate of drug-likeness (QED) is 0.457. The normalized spacial score (nSPS) is 11.5. The fraction of sp³-hybridized carbons (Fsp3) is 0.0435. The Morgan fingerprint density at radius 3 is 2.60 bits per heavy atom. The second kappa shape index (κ2) is 8.39. The van der Waals surface area contributed by atoms with E-state index in [1.54, 1.807) is 43.5 Å². The number of carbonyl (C=O) groups is 1. The third kappa shape index (κ3) is 4.18. The number of nitrogens with one attached hydrogen (secondary N) is 1. The van der Waals surface area contributed by atoms with Crippen molar-refractivity contribution in [1.82, 2.24) is 0 Å². The summed E-state index contributed by atoms with van der Waals surface area (Å²) in [4.78, 5) is 17.3. The summed E-state index contributed by atoms with van der Waals surface area (Å²) in [5.74, 6) is -0.255. The number of anilines is 1. The maximum absolute atomic E-state index is 13.7. The summed E-state index contributed by atoms with van der Waals surface area (Å²) in [5, 5.41) is 3.77. The van der Waals surface area contributed by atoms with Gasteiger partial charge in [0.15, 0.2) is 0 Å². The number of para-hydroxylation sites is 1. The third-order valence-corrected chi connectivity index (χ3v) is 4.70. The van der Waals surface area contributed by atoms with Crippen molar-refractivity contribution in [3.63, 3.8) is 0 Å². The van der Waals surface area contributed by atoms with Crippen LogP contribution in [0.3, 0.4) is 0 Å². The van der Waals surface area contributed by atoms with Gasteiger partial charge >= 0.3 is 0 Å². The van der Waals surface area contributed by atoms with Crippen LogP contribution in [-0.4, -0.2) is 13.0 Å². The van der Waals surface area contributed by atoms with E-state index in [1.807, 2.05) is 18.2 Å². The van der Waals surface area contributed by atoms with Crippen molar-refractivity contribution in [1.29, 1.82) is 0 Å². The van der Waals surface area contributed by atoms with Crippen LogP contribution in [0.4, 0.5) is 15.8 Å². The molecule has 30 heavy (non-hydrogen) atoms. The van der Waals surface area contributed by atoms with Gasteiger partial charge in [-0.3, -0.25) is 4.79 Å². The smallest absolute Gasteiger partial charge is 0.261 e. The van der Waals surface area contributed by atoms with Gasteiger partial charge in [0.1, 0.15) is 22.7 Å². The molecule has 3 aromatic carbocycles. The van der Waals surface area contributed by atoms with Gasteiger partial charge < -0.3 is 14.5 Å². The molecule has 0 saturated heterocycles. The van der Waals surface area contributed by atoms with Gasteiger partial charge in [-0.2, -0.15) is 0 Å². The lowest BCUT2D eigenvalue weighted by Gasteiger charge is -2.08. The van der Waals surface area contributed by atoms with Crippen molar-refractivity contribution in [3.05, 3.63) is 94.8 Å². The van der Waals surface area contributed by atoms with Crippen LogP contribution in [0.5, 0.6) is 5.75 Å². The Labute approximate surface area is 176 Å². The molecule has 4 rings (SSSR count). The van der Waals surface area contributed by atoms with Crippen LogP contribution in [0.15, 0.2) is 82.2 Å². The Bertz CT molecular complexity index is 1300. The van der Waals surface area contributed by atoms with Gasteiger partial charge in [0, 0.05) is 17.1 Å². The predicted molar refractivity (Wildman–Crippen MR) is 114 cm³/mol. The lowest BCUT2D eigenvalue weighted by atomic mass is 10.1. The van der Waals surface area contributed by atoms with Crippen molar-refractivity contribution in [3.8, 4) is 5.75 Å². The molecule has 1 amide bonds. The first-order valence-electron chi connectivity index (χ1n) is 9.01. The molecule has 0 fully saturated rings. The van der Waals surface area contributed by atoms with Gasteiger partial charge in [0.05, 0.1) is 17.8 Å². The summed E-state index contributed by atoms with van der Waals surface area (Å²) in [6.45, 7) is 0. The first kappa shape index (κ1) is 19.7. The monoisotopic (exact) mass is 422 g/mol. The van der Waals surface area contributed by atoms with Crippen molar-refractivity contribution in [2.75, 3.05) is 12.4 Å². The molecule has 0 spiro atoms. The molecule has 0 bridgehead atoms. The zero-order valence-corrected chi connectivity index (χ0v) is 16.6. The molecule has 150 valence electrons. The Morgan fingerprint density at radius 2 is 1.83 bits per heavy atom. The molecule has 7 heteroatoms. The summed E-state index contributed by atoms with van der Waals surface area (Å²) in [6, 6.07) is 19.6. The molecule has 0 atom stereocenters. The highest BCUT2D eigenvalue weighted by Gasteiger charge is 2.14. The second-order valence-electron chi connectivity index (χ2n) is 6.39. The first-order chi connectivity index (χ1) is 14.5. The molecule has 1 aromatic heterocycles. The highest BCUT2D eigenvalue weighted by Crippen LogP contribution is 2.25. The van der Waals surface area contributed by atoms with Crippen molar-refractivity contribution in [2.45, 2.75) is 0 Å². The van der Waals surface area contributed by atoms with Crippen LogP contribution < -0.4 is 15.6 Å². The van der Waals surface area contributed by atoms with Crippen molar-refractivity contribution < 1.29 is 18.3 Å². The maximum Gasteiger partial charge on any atom is 0.261 e. The van der Waals surface area contributed by atoms with E-state index in [4.69, 9.17) is 20.8 Å². The fourth-order valence-electron chi connectivity index (χ4n) is 2.87. The number of benzene rings is 3. The SMILES string of the molecule is COc1ccc(NC(=O)c2cc3ccccc3oc2=Nc2cc(F)ccc2Cl)cc1. The number of ether oxygens (including phenoxy) is 1. The average molecular weight is 423 g/mol. The number of amides is 1. The van der Waals surface area contributed by atoms with Gasteiger partial charge in [-0.1, -0.05) is 29.8 Å². The van der Waals surface area contributed by atoms with E-state index in [2.05, 4.69) is 10.3 Å². The van der Waals surface area contributed by atoms with Gasteiger partial charge in [-0.05, 0) is 48.5 Å². The van der Waals surface area contributed by atoms with Crippen LogP contribution in [-0.2, 0) is 0 Å². The predicted octanol–water partition coefficient (Wildman–Crippen LogP) is 5.72. The average Bonchev–Trinajstić information content (AvgIpc) is 2.76. The molecule has 0 saturated carbocycles. The minimum Gasteiger partial charge on any atom is -0.497 e. The number of hydrogen-bond acceptors (Lipinski definition) is 4. The molecule has 1 N–H and O–H groups in total. The van der Waals surface area contributed by atoms with Gasteiger partial charge in [-0.25, -0.2) is 9.38 Å². The van der Waals surface area contributed by atoms with Crippen LogP contribution >= 0.6 is 11.6 Å². The van der Waals surface area contributed by atoms with E-state index in [0.29, 0.717) is 17.0 Å². The molecule has 0 aliphatic carbocycles. The molecule has 0 radical (unpaired) electrons. The number of hydrogen-bond donors (Lipinski definition) is 1. The highest BCUT2D eigenvalue weighted by molar-refractivity contribution is 6.32. The standard InChI is InChI=1S/C23H16ClFN2O3/c1-29-17-9-7-16(8-10-17)26-22(28)18-12-14-4-2-3-5-21(14)30-23(18)27-20-13-15(25)6-11-19(20)24/h2-13H,1H3,(H,26,28). The summed E-state index contributed by atoms with van der Waals surface area (Å²) >= 11 is 6.14. The summed E-state index contributed by atoms with van der Waals surface area (Å²) in [5.41, 5.74) is 1.47. The number of nitrogens with zero attached hydrogens (tertiary/aromatic N) is 1. The number of rotatable bonds is 4. The van der Waals surface area contributed by atoms with Crippen LogP contribution in [0.25, 0.3) is 11.0 Å². The van der Waals surface area contributed by atoms with E-state index < -0.39 is 11.7 Å².